The maximum atomic E-state index is 11.4. The number of aromatic hydroxyl groups is 1. The fourth-order valence-electron chi connectivity index (χ4n) is 1.57. The molecule has 0 saturated carbocycles. The van der Waals surface area contributed by atoms with Crippen molar-refractivity contribution in [3.8, 4) is 11.8 Å². The molecule has 0 heterocycles. The minimum atomic E-state index is -0.451. The molecule has 0 aromatic heterocycles. The number of carbonyl (C=O) groups is 1. The predicted molar refractivity (Wildman–Crippen MR) is 61.1 cm³/mol. The van der Waals surface area contributed by atoms with Crippen LogP contribution in [0.5, 0.6) is 5.75 Å². The Kier molecular flexibility index (Phi) is 4.49. The first-order chi connectivity index (χ1) is 8.13. The van der Waals surface area contributed by atoms with Gasteiger partial charge in [0.25, 0.3) is 0 Å². The molecule has 0 atom stereocenters. The van der Waals surface area contributed by atoms with Crippen LogP contribution in [0, 0.1) is 11.3 Å². The molecule has 0 amide bonds. The van der Waals surface area contributed by atoms with E-state index in [1.807, 2.05) is 6.07 Å². The Balaban J connectivity index is 3.13. The van der Waals surface area contributed by atoms with Crippen LogP contribution >= 0.6 is 0 Å². The number of hydrogen-bond donors (Lipinski definition) is 2. The molecular formula is C12H14N2O3. The first-order valence-corrected chi connectivity index (χ1v) is 5.23. The summed E-state index contributed by atoms with van der Waals surface area (Å²) in [6, 6.07) is 4.84. The summed E-state index contributed by atoms with van der Waals surface area (Å²) in [4.78, 5) is 11.4. The van der Waals surface area contributed by atoms with E-state index in [9.17, 15) is 9.90 Å². The van der Waals surface area contributed by atoms with Crippen LogP contribution in [0.2, 0.25) is 0 Å². The molecule has 1 aromatic carbocycles. The molecule has 0 fully saturated rings. The first kappa shape index (κ1) is 13.0. The molecule has 5 heteroatoms. The van der Waals surface area contributed by atoms with Crippen molar-refractivity contribution in [2.24, 2.45) is 5.73 Å². The van der Waals surface area contributed by atoms with Crippen LogP contribution in [0.4, 0.5) is 0 Å². The third-order valence-electron chi connectivity index (χ3n) is 2.36. The largest absolute Gasteiger partial charge is 0.508 e. The van der Waals surface area contributed by atoms with Crippen LogP contribution < -0.4 is 5.73 Å². The molecule has 3 N–H and O–H groups in total. The summed E-state index contributed by atoms with van der Waals surface area (Å²) in [5, 5.41) is 18.6. The Hall–Kier alpha value is -2.06. The number of rotatable bonds is 4. The summed E-state index contributed by atoms with van der Waals surface area (Å²) in [7, 11) is 0. The van der Waals surface area contributed by atoms with Crippen molar-refractivity contribution in [1.82, 2.24) is 0 Å². The van der Waals surface area contributed by atoms with E-state index in [2.05, 4.69) is 0 Å². The van der Waals surface area contributed by atoms with Gasteiger partial charge in [-0.05, 0) is 24.6 Å². The fourth-order valence-corrected chi connectivity index (χ4v) is 1.57. The predicted octanol–water partition coefficient (Wildman–Crippen LogP) is 0.828. The molecule has 5 nitrogen and oxygen atoms in total. The molecule has 0 saturated heterocycles. The lowest BCUT2D eigenvalue weighted by atomic mass is 9.98. The Morgan fingerprint density at radius 1 is 1.53 bits per heavy atom. The summed E-state index contributed by atoms with van der Waals surface area (Å²) >= 11 is 0. The zero-order chi connectivity index (χ0) is 12.8. The van der Waals surface area contributed by atoms with E-state index < -0.39 is 5.97 Å². The van der Waals surface area contributed by atoms with Gasteiger partial charge >= 0.3 is 5.97 Å². The molecular weight excluding hydrogens is 220 g/mol. The van der Waals surface area contributed by atoms with Crippen LogP contribution in [0.25, 0.3) is 0 Å². The highest BCUT2D eigenvalue weighted by molar-refractivity contribution is 5.74. The summed E-state index contributed by atoms with van der Waals surface area (Å²) in [6.45, 7) is 2.06. The SMILES string of the molecule is CCOC(=O)Cc1c(O)ccc(C#N)c1CN. The molecule has 17 heavy (non-hydrogen) atoms. The molecule has 90 valence electrons. The third kappa shape index (κ3) is 2.95. The molecule has 0 unspecified atom stereocenters. The maximum absolute atomic E-state index is 11.4. The molecule has 0 spiro atoms. The second kappa shape index (κ2) is 5.87. The number of nitriles is 1. The number of hydrogen-bond acceptors (Lipinski definition) is 5. The van der Waals surface area contributed by atoms with Crippen molar-refractivity contribution < 1.29 is 14.6 Å². The van der Waals surface area contributed by atoms with Crippen LogP contribution in [0.1, 0.15) is 23.6 Å². The van der Waals surface area contributed by atoms with E-state index in [-0.39, 0.29) is 25.3 Å². The van der Waals surface area contributed by atoms with E-state index in [0.29, 0.717) is 16.7 Å². The van der Waals surface area contributed by atoms with Gasteiger partial charge in [0.2, 0.25) is 0 Å². The van der Waals surface area contributed by atoms with Crippen LogP contribution in [0.3, 0.4) is 0 Å². The summed E-state index contributed by atoms with van der Waals surface area (Å²) in [5.41, 5.74) is 6.75. The summed E-state index contributed by atoms with van der Waals surface area (Å²) in [6.07, 6.45) is -0.0816. The molecule has 0 aliphatic carbocycles. The van der Waals surface area contributed by atoms with Gasteiger partial charge in [0.1, 0.15) is 5.75 Å². The lowest BCUT2D eigenvalue weighted by Gasteiger charge is -2.11. The average Bonchev–Trinajstić information content (AvgIpc) is 2.31. The van der Waals surface area contributed by atoms with Gasteiger partial charge in [0, 0.05) is 12.1 Å². The highest BCUT2D eigenvalue weighted by Gasteiger charge is 2.15. The van der Waals surface area contributed by atoms with Gasteiger partial charge in [-0.3, -0.25) is 4.79 Å². The fraction of sp³-hybridized carbons (Fsp3) is 0.333. The number of nitrogens with zero attached hydrogens (tertiary/aromatic N) is 1. The van der Waals surface area contributed by atoms with Crippen LogP contribution in [0.15, 0.2) is 12.1 Å². The van der Waals surface area contributed by atoms with Crippen molar-refractivity contribution in [3.05, 3.63) is 28.8 Å². The van der Waals surface area contributed by atoms with Crippen molar-refractivity contribution in [1.29, 1.82) is 5.26 Å². The van der Waals surface area contributed by atoms with Gasteiger partial charge in [-0.25, -0.2) is 0 Å². The van der Waals surface area contributed by atoms with Crippen molar-refractivity contribution >= 4 is 5.97 Å². The Bertz CT molecular complexity index is 464. The number of nitrogens with two attached hydrogens (primary N) is 1. The van der Waals surface area contributed by atoms with Gasteiger partial charge in [-0.2, -0.15) is 5.26 Å². The van der Waals surface area contributed by atoms with E-state index in [0.717, 1.165) is 0 Å². The first-order valence-electron chi connectivity index (χ1n) is 5.23. The molecule has 0 bridgehead atoms. The minimum absolute atomic E-state index is 0.0440. The second-order valence-electron chi connectivity index (χ2n) is 3.39. The van der Waals surface area contributed by atoms with Crippen molar-refractivity contribution in [2.45, 2.75) is 19.9 Å². The van der Waals surface area contributed by atoms with E-state index in [1.54, 1.807) is 6.92 Å². The lowest BCUT2D eigenvalue weighted by molar-refractivity contribution is -0.142. The number of carbonyl (C=O) groups excluding carboxylic acids is 1. The van der Waals surface area contributed by atoms with E-state index in [4.69, 9.17) is 15.7 Å². The normalized spacial score (nSPS) is 9.71. The zero-order valence-corrected chi connectivity index (χ0v) is 9.56. The lowest BCUT2D eigenvalue weighted by Crippen LogP contribution is -2.12. The smallest absolute Gasteiger partial charge is 0.310 e. The molecule has 1 aromatic rings. The monoisotopic (exact) mass is 234 g/mol. The van der Waals surface area contributed by atoms with E-state index >= 15 is 0 Å². The molecule has 0 aliphatic heterocycles. The van der Waals surface area contributed by atoms with Crippen molar-refractivity contribution in [2.75, 3.05) is 6.61 Å². The van der Waals surface area contributed by atoms with Gasteiger partial charge < -0.3 is 15.6 Å². The highest BCUT2D eigenvalue weighted by Crippen LogP contribution is 2.25. The number of esters is 1. The zero-order valence-electron chi connectivity index (χ0n) is 9.56. The highest BCUT2D eigenvalue weighted by atomic mass is 16.5. The molecule has 0 radical (unpaired) electrons. The second-order valence-corrected chi connectivity index (χ2v) is 3.39. The van der Waals surface area contributed by atoms with Gasteiger partial charge in [0.15, 0.2) is 0 Å². The minimum Gasteiger partial charge on any atom is -0.508 e. The molecule has 1 rings (SSSR count). The quantitative estimate of drug-likeness (QED) is 0.752. The van der Waals surface area contributed by atoms with Crippen LogP contribution in [-0.2, 0) is 22.5 Å². The number of benzene rings is 1. The van der Waals surface area contributed by atoms with Gasteiger partial charge in [-0.1, -0.05) is 0 Å². The maximum Gasteiger partial charge on any atom is 0.310 e. The Morgan fingerprint density at radius 2 is 2.24 bits per heavy atom. The Morgan fingerprint density at radius 3 is 2.76 bits per heavy atom. The molecule has 0 aliphatic rings. The third-order valence-corrected chi connectivity index (χ3v) is 2.36. The number of ether oxygens (including phenoxy) is 1. The van der Waals surface area contributed by atoms with Gasteiger partial charge in [0.05, 0.1) is 24.7 Å². The van der Waals surface area contributed by atoms with Crippen molar-refractivity contribution in [3.63, 3.8) is 0 Å². The average molecular weight is 234 g/mol. The van der Waals surface area contributed by atoms with E-state index in [1.165, 1.54) is 12.1 Å². The Labute approximate surface area is 99.4 Å². The number of phenolic OH excluding ortho intramolecular Hbond substituents is 1. The topological polar surface area (TPSA) is 96.3 Å². The van der Waals surface area contributed by atoms with Gasteiger partial charge in [-0.15, -0.1) is 0 Å². The summed E-state index contributed by atoms with van der Waals surface area (Å²) < 4.78 is 4.80. The van der Waals surface area contributed by atoms with Crippen LogP contribution in [-0.4, -0.2) is 17.7 Å². The standard InChI is InChI=1S/C12H14N2O3/c1-2-17-12(16)5-9-10(7-14)8(6-13)3-4-11(9)15/h3-4,15H,2,5,7,14H2,1H3. The number of phenols is 1. The summed E-state index contributed by atoms with van der Waals surface area (Å²) in [5.74, 6) is -0.495.